The Morgan fingerprint density at radius 1 is 1.14 bits per heavy atom. The average Bonchev–Trinajstić information content (AvgIpc) is 2.88. The summed E-state index contributed by atoms with van der Waals surface area (Å²) < 4.78 is 1.07. The molecule has 0 fully saturated rings. The average molecular weight is 317 g/mol. The molecule has 0 unspecified atom stereocenters. The third kappa shape index (κ3) is 3.60. The van der Waals surface area contributed by atoms with E-state index in [-0.39, 0.29) is 5.91 Å². The number of aromatic nitrogens is 1. The molecule has 0 bridgehead atoms. The molecule has 0 spiro atoms. The molecule has 3 nitrogen and oxygen atoms in total. The summed E-state index contributed by atoms with van der Waals surface area (Å²) in [7, 11) is 0. The van der Waals surface area contributed by atoms with Gasteiger partial charge in [0.1, 0.15) is 0 Å². The third-order valence-electron chi connectivity index (χ3n) is 3.09. The molecule has 1 heterocycles. The number of fused-ring (bicyclic) bond motifs is 1. The summed E-state index contributed by atoms with van der Waals surface area (Å²) in [6, 6.07) is 15.4. The summed E-state index contributed by atoms with van der Waals surface area (Å²) in [6.45, 7) is 0. The molecule has 3 aromatic rings. The van der Waals surface area contributed by atoms with Gasteiger partial charge in [0.05, 0.1) is 10.2 Å². The number of carbonyl (C=O) groups excluding carboxylic acids is 1. The highest BCUT2D eigenvalue weighted by molar-refractivity contribution is 7.22. The minimum Gasteiger partial charge on any atom is -0.302 e. The Morgan fingerprint density at radius 2 is 1.90 bits per heavy atom. The quantitative estimate of drug-likeness (QED) is 0.769. The molecule has 3 rings (SSSR count). The van der Waals surface area contributed by atoms with Gasteiger partial charge in [-0.2, -0.15) is 0 Å². The molecule has 106 valence electrons. The number of aryl methyl sites for hydroxylation is 1. The van der Waals surface area contributed by atoms with E-state index in [0.717, 1.165) is 15.8 Å². The van der Waals surface area contributed by atoms with Crippen molar-refractivity contribution >= 4 is 44.2 Å². The maximum atomic E-state index is 12.0. The second-order valence-corrected chi connectivity index (χ2v) is 6.13. The topological polar surface area (TPSA) is 42.0 Å². The number of hydrogen-bond donors (Lipinski definition) is 1. The van der Waals surface area contributed by atoms with Crippen LogP contribution in [0.2, 0.25) is 5.02 Å². The SMILES string of the molecule is O=C(CCc1ccc(Cl)cc1)Nc1nc2ccccc2s1. The fraction of sp³-hybridized carbons (Fsp3) is 0.125. The van der Waals surface area contributed by atoms with Gasteiger partial charge >= 0.3 is 0 Å². The van der Waals surface area contributed by atoms with Gasteiger partial charge in [0.2, 0.25) is 5.91 Å². The van der Waals surface area contributed by atoms with Gasteiger partial charge in [-0.1, -0.05) is 47.2 Å². The zero-order valence-electron chi connectivity index (χ0n) is 11.2. The van der Waals surface area contributed by atoms with Crippen molar-refractivity contribution in [1.29, 1.82) is 0 Å². The highest BCUT2D eigenvalue weighted by Crippen LogP contribution is 2.25. The summed E-state index contributed by atoms with van der Waals surface area (Å²) in [5, 5.41) is 4.21. The number of hydrogen-bond acceptors (Lipinski definition) is 3. The lowest BCUT2D eigenvalue weighted by atomic mass is 10.1. The fourth-order valence-electron chi connectivity index (χ4n) is 2.02. The van der Waals surface area contributed by atoms with Crippen molar-refractivity contribution in [3.8, 4) is 0 Å². The van der Waals surface area contributed by atoms with E-state index in [2.05, 4.69) is 10.3 Å². The number of thiazole rings is 1. The number of nitrogens with zero attached hydrogens (tertiary/aromatic N) is 1. The van der Waals surface area contributed by atoms with Crippen molar-refractivity contribution in [2.75, 3.05) is 5.32 Å². The Morgan fingerprint density at radius 3 is 2.67 bits per heavy atom. The molecule has 1 N–H and O–H groups in total. The van der Waals surface area contributed by atoms with Crippen LogP contribution in [0.3, 0.4) is 0 Å². The van der Waals surface area contributed by atoms with Gasteiger partial charge in [0.15, 0.2) is 5.13 Å². The number of benzene rings is 2. The summed E-state index contributed by atoms with van der Waals surface area (Å²) in [4.78, 5) is 16.3. The van der Waals surface area contributed by atoms with E-state index >= 15 is 0 Å². The number of anilines is 1. The van der Waals surface area contributed by atoms with E-state index in [1.165, 1.54) is 11.3 Å². The van der Waals surface area contributed by atoms with Gasteiger partial charge in [-0.25, -0.2) is 4.98 Å². The minimum atomic E-state index is -0.0241. The van der Waals surface area contributed by atoms with E-state index < -0.39 is 0 Å². The van der Waals surface area contributed by atoms with Crippen molar-refractivity contribution in [1.82, 2.24) is 4.98 Å². The normalized spacial score (nSPS) is 10.7. The lowest BCUT2D eigenvalue weighted by Crippen LogP contribution is -2.11. The molecule has 0 radical (unpaired) electrons. The van der Waals surface area contributed by atoms with Crippen LogP contribution in [-0.2, 0) is 11.2 Å². The maximum Gasteiger partial charge on any atom is 0.226 e. The molecule has 1 amide bonds. The van der Waals surface area contributed by atoms with Gasteiger partial charge in [0, 0.05) is 11.4 Å². The summed E-state index contributed by atoms with van der Waals surface area (Å²) in [5.41, 5.74) is 2.01. The Hall–Kier alpha value is -1.91. The second-order valence-electron chi connectivity index (χ2n) is 4.66. The van der Waals surface area contributed by atoms with Crippen molar-refractivity contribution in [2.45, 2.75) is 12.8 Å². The van der Waals surface area contributed by atoms with Gasteiger partial charge in [-0.05, 0) is 36.2 Å². The van der Waals surface area contributed by atoms with E-state index in [0.29, 0.717) is 23.0 Å². The zero-order chi connectivity index (χ0) is 14.7. The van der Waals surface area contributed by atoms with Crippen LogP contribution >= 0.6 is 22.9 Å². The lowest BCUT2D eigenvalue weighted by Gasteiger charge is -2.02. The monoisotopic (exact) mass is 316 g/mol. The predicted molar refractivity (Wildman–Crippen MR) is 88.0 cm³/mol. The van der Waals surface area contributed by atoms with Crippen molar-refractivity contribution in [2.24, 2.45) is 0 Å². The van der Waals surface area contributed by atoms with Crippen LogP contribution in [-0.4, -0.2) is 10.9 Å². The number of carbonyl (C=O) groups is 1. The summed E-state index contributed by atoms with van der Waals surface area (Å²) in [5.74, 6) is -0.0241. The molecule has 5 heteroatoms. The molecule has 0 saturated heterocycles. The predicted octanol–water partition coefficient (Wildman–Crippen LogP) is 4.52. The standard InChI is InChI=1S/C16H13ClN2OS/c17-12-8-5-11(6-9-12)7-10-15(20)19-16-18-13-3-1-2-4-14(13)21-16/h1-6,8-9H,7,10H2,(H,18,19,20). The van der Waals surface area contributed by atoms with Gasteiger partial charge in [-0.3, -0.25) is 4.79 Å². The number of halogens is 1. The first-order valence-corrected chi connectivity index (χ1v) is 7.80. The Labute approximate surface area is 131 Å². The molecule has 0 aliphatic rings. The number of rotatable bonds is 4. The van der Waals surface area contributed by atoms with E-state index in [1.54, 1.807) is 0 Å². The molecule has 1 aromatic heterocycles. The molecule has 0 atom stereocenters. The van der Waals surface area contributed by atoms with E-state index in [1.807, 2.05) is 48.5 Å². The number of amides is 1. The first-order valence-electron chi connectivity index (χ1n) is 6.60. The Bertz CT molecular complexity index is 734. The van der Waals surface area contributed by atoms with Gasteiger partial charge in [0.25, 0.3) is 0 Å². The summed E-state index contributed by atoms with van der Waals surface area (Å²) >= 11 is 7.32. The first-order chi connectivity index (χ1) is 10.2. The van der Waals surface area contributed by atoms with Crippen LogP contribution in [0, 0.1) is 0 Å². The van der Waals surface area contributed by atoms with Crippen LogP contribution in [0.4, 0.5) is 5.13 Å². The molecule has 21 heavy (non-hydrogen) atoms. The number of nitrogens with one attached hydrogen (secondary N) is 1. The molecular formula is C16H13ClN2OS. The summed E-state index contributed by atoms with van der Waals surface area (Å²) in [6.07, 6.45) is 1.12. The second kappa shape index (κ2) is 6.24. The Kier molecular flexibility index (Phi) is 4.18. The van der Waals surface area contributed by atoms with E-state index in [4.69, 9.17) is 11.6 Å². The van der Waals surface area contributed by atoms with Gasteiger partial charge in [-0.15, -0.1) is 0 Å². The first kappa shape index (κ1) is 14.0. The Balaban J connectivity index is 1.59. The van der Waals surface area contributed by atoms with Crippen LogP contribution in [0.5, 0.6) is 0 Å². The lowest BCUT2D eigenvalue weighted by molar-refractivity contribution is -0.116. The smallest absolute Gasteiger partial charge is 0.226 e. The largest absolute Gasteiger partial charge is 0.302 e. The highest BCUT2D eigenvalue weighted by Gasteiger charge is 2.07. The van der Waals surface area contributed by atoms with Crippen LogP contribution < -0.4 is 5.32 Å². The molecule has 0 saturated carbocycles. The molecular weight excluding hydrogens is 304 g/mol. The van der Waals surface area contributed by atoms with E-state index in [9.17, 15) is 4.79 Å². The molecule has 2 aromatic carbocycles. The zero-order valence-corrected chi connectivity index (χ0v) is 12.7. The third-order valence-corrected chi connectivity index (χ3v) is 4.30. The highest BCUT2D eigenvalue weighted by atomic mass is 35.5. The molecule has 0 aliphatic carbocycles. The van der Waals surface area contributed by atoms with Crippen LogP contribution in [0.1, 0.15) is 12.0 Å². The van der Waals surface area contributed by atoms with Crippen molar-refractivity contribution in [3.63, 3.8) is 0 Å². The van der Waals surface area contributed by atoms with Gasteiger partial charge < -0.3 is 5.32 Å². The molecule has 0 aliphatic heterocycles. The fourth-order valence-corrected chi connectivity index (χ4v) is 3.02. The minimum absolute atomic E-state index is 0.0241. The van der Waals surface area contributed by atoms with Crippen molar-refractivity contribution < 1.29 is 4.79 Å². The maximum absolute atomic E-state index is 12.0. The van der Waals surface area contributed by atoms with Crippen molar-refractivity contribution in [3.05, 3.63) is 59.1 Å². The van der Waals surface area contributed by atoms with Crippen LogP contribution in [0.25, 0.3) is 10.2 Å². The number of para-hydroxylation sites is 1. The van der Waals surface area contributed by atoms with Crippen LogP contribution in [0.15, 0.2) is 48.5 Å².